The summed E-state index contributed by atoms with van der Waals surface area (Å²) in [4.78, 5) is 16.9. The van der Waals surface area contributed by atoms with E-state index in [4.69, 9.17) is 4.52 Å². The van der Waals surface area contributed by atoms with Crippen LogP contribution in [0.15, 0.2) is 4.52 Å². The van der Waals surface area contributed by atoms with Gasteiger partial charge in [0.15, 0.2) is 5.76 Å². The molecule has 2 atom stereocenters. The van der Waals surface area contributed by atoms with Gasteiger partial charge in [0.2, 0.25) is 0 Å². The number of rotatable bonds is 2. The Bertz CT molecular complexity index is 528. The van der Waals surface area contributed by atoms with Crippen LogP contribution in [-0.2, 0) is 6.42 Å². The third-order valence-corrected chi connectivity index (χ3v) is 4.83. The summed E-state index contributed by atoms with van der Waals surface area (Å²) in [5.41, 5.74) is 1.56. The van der Waals surface area contributed by atoms with Crippen LogP contribution >= 0.6 is 0 Å². The molecule has 21 heavy (non-hydrogen) atoms. The van der Waals surface area contributed by atoms with Gasteiger partial charge in [0, 0.05) is 19.1 Å². The quantitative estimate of drug-likeness (QED) is 0.907. The Labute approximate surface area is 125 Å². The fraction of sp³-hybridized carbons (Fsp3) is 0.733. The van der Waals surface area contributed by atoms with E-state index in [1.54, 1.807) is 0 Å². The molecule has 0 radical (unpaired) electrons. The maximum atomic E-state index is 12.6. The molecule has 1 aromatic heterocycles. The predicted octanol–water partition coefficient (Wildman–Crippen LogP) is 2.10. The summed E-state index contributed by atoms with van der Waals surface area (Å²) in [6, 6.07) is 0.327. The molecule has 6 heteroatoms. The molecule has 2 saturated heterocycles. The van der Waals surface area contributed by atoms with Crippen molar-refractivity contribution in [2.24, 2.45) is 5.92 Å². The number of nitrogens with one attached hydrogen (secondary N) is 1. The molecule has 0 spiro atoms. The van der Waals surface area contributed by atoms with E-state index in [2.05, 4.69) is 22.4 Å². The minimum Gasteiger partial charge on any atom is -0.359 e. The van der Waals surface area contributed by atoms with Crippen molar-refractivity contribution in [2.45, 2.75) is 39.2 Å². The lowest BCUT2D eigenvalue weighted by Gasteiger charge is -2.36. The van der Waals surface area contributed by atoms with E-state index in [9.17, 15) is 4.79 Å². The topological polar surface area (TPSA) is 61.6 Å². The Morgan fingerprint density at radius 3 is 2.95 bits per heavy atom. The molecule has 6 nitrogen and oxygen atoms in total. The minimum absolute atomic E-state index is 0.0150. The molecule has 2 aliphatic heterocycles. The Kier molecular flexibility index (Phi) is 3.89. The van der Waals surface area contributed by atoms with Crippen LogP contribution in [0.3, 0.4) is 0 Å². The first-order valence-electron chi connectivity index (χ1n) is 7.81. The number of anilines is 1. The summed E-state index contributed by atoms with van der Waals surface area (Å²) in [7, 11) is 2.13. The summed E-state index contributed by atoms with van der Waals surface area (Å²) in [6.07, 6.45) is 3.06. The second-order valence-electron chi connectivity index (χ2n) is 6.20. The van der Waals surface area contributed by atoms with Crippen LogP contribution in [0, 0.1) is 12.8 Å². The van der Waals surface area contributed by atoms with Crippen LogP contribution in [0.4, 0.5) is 10.5 Å². The number of piperidine rings is 1. The van der Waals surface area contributed by atoms with Crippen LogP contribution in [0.1, 0.15) is 31.2 Å². The van der Waals surface area contributed by atoms with Crippen LogP contribution in [0.5, 0.6) is 0 Å². The largest absolute Gasteiger partial charge is 0.359 e. The predicted molar refractivity (Wildman–Crippen MR) is 80.4 cm³/mol. The van der Waals surface area contributed by atoms with Crippen molar-refractivity contribution < 1.29 is 9.32 Å². The second-order valence-corrected chi connectivity index (χ2v) is 6.20. The first kappa shape index (κ1) is 14.4. The Balaban J connectivity index is 1.72. The molecule has 3 rings (SSSR count). The lowest BCUT2D eigenvalue weighted by Crippen LogP contribution is -2.49. The summed E-state index contributed by atoms with van der Waals surface area (Å²) < 4.78 is 5.18. The lowest BCUT2D eigenvalue weighted by molar-refractivity contribution is 0.137. The van der Waals surface area contributed by atoms with Crippen molar-refractivity contribution >= 4 is 11.7 Å². The number of nitrogens with zero attached hydrogens (tertiary/aromatic N) is 3. The molecular formula is C15H24N4O2. The molecule has 1 N–H and O–H groups in total. The number of hydrogen-bond acceptors (Lipinski definition) is 4. The first-order valence-corrected chi connectivity index (χ1v) is 7.81. The van der Waals surface area contributed by atoms with E-state index in [-0.39, 0.29) is 6.03 Å². The highest BCUT2D eigenvalue weighted by atomic mass is 16.5. The highest BCUT2D eigenvalue weighted by Gasteiger charge is 2.40. The van der Waals surface area contributed by atoms with Crippen molar-refractivity contribution in [1.82, 2.24) is 15.0 Å². The average Bonchev–Trinajstić information content (AvgIpc) is 3.03. The third kappa shape index (κ3) is 2.64. The maximum Gasteiger partial charge on any atom is 0.322 e. The average molecular weight is 292 g/mol. The molecule has 2 fully saturated rings. The van der Waals surface area contributed by atoms with Gasteiger partial charge in [0.25, 0.3) is 0 Å². The van der Waals surface area contributed by atoms with Crippen LogP contribution in [0.2, 0.25) is 0 Å². The van der Waals surface area contributed by atoms with E-state index in [1.165, 1.54) is 6.42 Å². The molecule has 2 amide bonds. The van der Waals surface area contributed by atoms with Gasteiger partial charge in [0.05, 0.1) is 0 Å². The summed E-state index contributed by atoms with van der Waals surface area (Å²) in [5, 5.41) is 7.00. The molecule has 2 aliphatic rings. The van der Waals surface area contributed by atoms with Gasteiger partial charge in [0.1, 0.15) is 11.4 Å². The van der Waals surface area contributed by atoms with Gasteiger partial charge >= 0.3 is 6.03 Å². The highest BCUT2D eigenvalue weighted by molar-refractivity contribution is 5.90. The van der Waals surface area contributed by atoms with Gasteiger partial charge in [-0.3, -0.25) is 0 Å². The number of hydrogen-bond donors (Lipinski definition) is 1. The van der Waals surface area contributed by atoms with Gasteiger partial charge < -0.3 is 19.6 Å². The fourth-order valence-corrected chi connectivity index (χ4v) is 3.55. The molecule has 1 aromatic rings. The number of likely N-dealkylation sites (tertiary alicyclic amines) is 2. The van der Waals surface area contributed by atoms with E-state index >= 15 is 0 Å². The van der Waals surface area contributed by atoms with Crippen molar-refractivity contribution in [3.63, 3.8) is 0 Å². The summed E-state index contributed by atoms with van der Waals surface area (Å²) >= 11 is 0. The van der Waals surface area contributed by atoms with Crippen LogP contribution in [-0.4, -0.2) is 53.7 Å². The number of urea groups is 1. The number of amides is 2. The number of carbonyl (C=O) groups excluding carboxylic acids is 1. The SMILES string of the molecule is CCc1noc(C)c1NC(=O)N1CC[C@H]2CCN(C)C[C@@H]21. The van der Waals surface area contributed by atoms with E-state index < -0.39 is 0 Å². The van der Waals surface area contributed by atoms with Gasteiger partial charge in [-0.15, -0.1) is 0 Å². The number of fused-ring (bicyclic) bond motifs is 1. The van der Waals surface area contributed by atoms with E-state index in [1.807, 2.05) is 18.7 Å². The minimum atomic E-state index is -0.0150. The standard InChI is InChI=1S/C15H24N4O2/c1-4-12-14(10(2)21-17-12)16-15(20)19-8-6-11-5-7-18(3)9-13(11)19/h11,13H,4-9H2,1-3H3,(H,16,20)/t11-,13+/m1/s1. The van der Waals surface area contributed by atoms with Gasteiger partial charge in [-0.1, -0.05) is 12.1 Å². The molecule has 0 saturated carbocycles. The Morgan fingerprint density at radius 2 is 2.19 bits per heavy atom. The molecule has 116 valence electrons. The van der Waals surface area contributed by atoms with Gasteiger partial charge in [-0.2, -0.15) is 0 Å². The van der Waals surface area contributed by atoms with Crippen molar-refractivity contribution in [1.29, 1.82) is 0 Å². The monoisotopic (exact) mass is 292 g/mol. The zero-order valence-electron chi connectivity index (χ0n) is 13.1. The van der Waals surface area contributed by atoms with Crippen molar-refractivity contribution in [2.75, 3.05) is 32.0 Å². The number of likely N-dealkylation sites (N-methyl/N-ethyl adjacent to an activating group) is 1. The molecule has 0 bridgehead atoms. The number of aromatic nitrogens is 1. The van der Waals surface area contributed by atoms with Gasteiger partial charge in [-0.05, 0) is 45.7 Å². The fourth-order valence-electron chi connectivity index (χ4n) is 3.55. The van der Waals surface area contributed by atoms with Crippen molar-refractivity contribution in [3.8, 4) is 0 Å². The number of aryl methyl sites for hydroxylation is 2. The molecule has 0 aliphatic carbocycles. The molecule has 3 heterocycles. The second kappa shape index (κ2) is 5.67. The zero-order chi connectivity index (χ0) is 15.0. The van der Waals surface area contributed by atoms with E-state index in [0.29, 0.717) is 17.7 Å². The molecular weight excluding hydrogens is 268 g/mol. The summed E-state index contributed by atoms with van der Waals surface area (Å²) in [5.74, 6) is 1.33. The number of carbonyl (C=O) groups is 1. The first-order chi connectivity index (χ1) is 10.1. The van der Waals surface area contributed by atoms with Crippen LogP contribution < -0.4 is 5.32 Å². The lowest BCUT2D eigenvalue weighted by atomic mass is 9.92. The Morgan fingerprint density at radius 1 is 1.43 bits per heavy atom. The van der Waals surface area contributed by atoms with Crippen molar-refractivity contribution in [3.05, 3.63) is 11.5 Å². The van der Waals surface area contributed by atoms with Crippen LogP contribution in [0.25, 0.3) is 0 Å². The normalized spacial score (nSPS) is 26.0. The maximum absolute atomic E-state index is 12.6. The third-order valence-electron chi connectivity index (χ3n) is 4.83. The smallest absolute Gasteiger partial charge is 0.322 e. The van der Waals surface area contributed by atoms with Gasteiger partial charge in [-0.25, -0.2) is 4.79 Å². The Hall–Kier alpha value is -1.56. The zero-order valence-corrected chi connectivity index (χ0v) is 13.1. The molecule has 0 unspecified atom stereocenters. The van der Waals surface area contributed by atoms with E-state index in [0.717, 1.165) is 43.9 Å². The molecule has 0 aromatic carbocycles. The summed E-state index contributed by atoms with van der Waals surface area (Å²) in [6.45, 7) is 6.81. The highest BCUT2D eigenvalue weighted by Crippen LogP contribution is 2.32.